The van der Waals surface area contributed by atoms with Crippen molar-refractivity contribution < 1.29 is 23.4 Å². The van der Waals surface area contributed by atoms with Crippen molar-refractivity contribution in [3.8, 4) is 11.5 Å². The minimum Gasteiger partial charge on any atom is -0.463 e. The Morgan fingerprint density at radius 3 is 2.83 bits per heavy atom. The van der Waals surface area contributed by atoms with Crippen molar-refractivity contribution in [1.82, 2.24) is 14.5 Å². The van der Waals surface area contributed by atoms with E-state index in [0.29, 0.717) is 58.3 Å². The average Bonchev–Trinajstić information content (AvgIpc) is 3.60. The van der Waals surface area contributed by atoms with E-state index < -0.39 is 12.0 Å². The Bertz CT molecular complexity index is 1990. The zero-order valence-electron chi connectivity index (χ0n) is 21.8. The average molecular weight is 658 g/mol. The van der Waals surface area contributed by atoms with E-state index >= 15 is 0 Å². The Kier molecular flexibility index (Phi) is 7.21. The van der Waals surface area contributed by atoms with E-state index in [1.54, 1.807) is 51.1 Å². The quantitative estimate of drug-likeness (QED) is 0.244. The van der Waals surface area contributed by atoms with Gasteiger partial charge < -0.3 is 23.6 Å². The first kappa shape index (κ1) is 27.3. The number of esters is 1. The summed E-state index contributed by atoms with van der Waals surface area (Å²) in [6.07, 6.45) is 1.62. The molecule has 0 fully saturated rings. The van der Waals surface area contributed by atoms with Gasteiger partial charge in [-0.25, -0.2) is 14.8 Å². The fourth-order valence-corrected chi connectivity index (χ4v) is 6.90. The van der Waals surface area contributed by atoms with Gasteiger partial charge >= 0.3 is 5.97 Å². The highest BCUT2D eigenvalue weighted by Gasteiger charge is 2.34. The molecule has 1 atom stereocenters. The molecule has 2 aliphatic rings. The molecule has 1 aromatic carbocycles. The third-order valence-electron chi connectivity index (χ3n) is 6.21. The number of furan rings is 1. The molecule has 5 heterocycles. The first-order valence-electron chi connectivity index (χ1n) is 12.4. The van der Waals surface area contributed by atoms with E-state index in [2.05, 4.69) is 30.9 Å². The maximum Gasteiger partial charge on any atom is 0.338 e. The number of rotatable bonds is 6. The predicted octanol–water partition coefficient (Wildman–Crippen LogP) is 3.43. The molecule has 0 amide bonds. The van der Waals surface area contributed by atoms with Crippen LogP contribution in [0.2, 0.25) is 0 Å². The second-order valence-corrected chi connectivity index (χ2v) is 11.8. The van der Waals surface area contributed by atoms with Crippen LogP contribution in [0.4, 0.5) is 0 Å². The summed E-state index contributed by atoms with van der Waals surface area (Å²) >= 11 is 5.80. The lowest BCUT2D eigenvalue weighted by atomic mass is 9.95. The first-order valence-corrected chi connectivity index (χ1v) is 14.8. The van der Waals surface area contributed by atoms with Crippen molar-refractivity contribution in [2.24, 2.45) is 4.99 Å². The number of fused-ring (bicyclic) bond motifs is 2. The normalized spacial score (nSPS) is 16.1. The van der Waals surface area contributed by atoms with Crippen LogP contribution in [-0.2, 0) is 9.53 Å². The van der Waals surface area contributed by atoms with E-state index in [0.717, 1.165) is 11.8 Å². The highest BCUT2D eigenvalue weighted by Crippen LogP contribution is 2.38. The van der Waals surface area contributed by atoms with Gasteiger partial charge in [0.1, 0.15) is 5.76 Å². The van der Waals surface area contributed by atoms with Gasteiger partial charge in [0.05, 0.1) is 32.9 Å². The van der Waals surface area contributed by atoms with Crippen LogP contribution >= 0.6 is 39.0 Å². The first-order chi connectivity index (χ1) is 19.7. The molecule has 0 saturated carbocycles. The van der Waals surface area contributed by atoms with Gasteiger partial charge in [0.25, 0.3) is 11.1 Å². The molecule has 2 aliphatic heterocycles. The van der Waals surface area contributed by atoms with Crippen LogP contribution < -0.4 is 29.9 Å². The maximum absolute atomic E-state index is 13.9. The second-order valence-electron chi connectivity index (χ2n) is 8.99. The molecule has 3 aromatic heterocycles. The minimum atomic E-state index is -0.791. The summed E-state index contributed by atoms with van der Waals surface area (Å²) in [4.78, 5) is 50.8. The van der Waals surface area contributed by atoms with Crippen molar-refractivity contribution in [2.75, 3.05) is 13.4 Å². The summed E-state index contributed by atoms with van der Waals surface area (Å²) in [5, 5.41) is 0.832. The molecular formula is C27H21BrN4O7S2. The Hall–Kier alpha value is -3.88. The number of thiazole rings is 1. The van der Waals surface area contributed by atoms with Crippen molar-refractivity contribution in [3.63, 3.8) is 0 Å². The Labute approximate surface area is 248 Å². The molecular weight excluding hydrogens is 636 g/mol. The van der Waals surface area contributed by atoms with E-state index in [4.69, 9.17) is 18.6 Å². The van der Waals surface area contributed by atoms with Crippen LogP contribution in [0, 0.1) is 6.92 Å². The summed E-state index contributed by atoms with van der Waals surface area (Å²) < 4.78 is 24.8. The van der Waals surface area contributed by atoms with Crippen molar-refractivity contribution >= 4 is 51.1 Å². The van der Waals surface area contributed by atoms with Gasteiger partial charge in [-0.05, 0) is 72.2 Å². The molecule has 0 bridgehead atoms. The van der Waals surface area contributed by atoms with E-state index in [-0.39, 0.29) is 30.1 Å². The lowest BCUT2D eigenvalue weighted by molar-refractivity contribution is -0.139. The zero-order valence-corrected chi connectivity index (χ0v) is 25.1. The summed E-state index contributed by atoms with van der Waals surface area (Å²) in [5.41, 5.74) is 1.34. The van der Waals surface area contributed by atoms with Gasteiger partial charge in [-0.2, -0.15) is 0 Å². The number of allylic oxidation sites excluding steroid dienone is 1. The van der Waals surface area contributed by atoms with Crippen molar-refractivity contribution in [2.45, 2.75) is 37.1 Å². The number of hydrogen-bond acceptors (Lipinski definition) is 11. The fraction of sp³-hybridized carbons (Fsp3) is 0.222. The number of aryl methyl sites for hydroxylation is 1. The van der Waals surface area contributed by atoms with Crippen LogP contribution in [-0.4, -0.2) is 33.9 Å². The van der Waals surface area contributed by atoms with E-state index in [9.17, 15) is 14.4 Å². The van der Waals surface area contributed by atoms with Gasteiger partial charge in [-0.1, -0.05) is 17.4 Å². The second kappa shape index (κ2) is 10.8. The summed E-state index contributed by atoms with van der Waals surface area (Å²) in [7, 11) is 0. The van der Waals surface area contributed by atoms with Crippen molar-refractivity contribution in [1.29, 1.82) is 0 Å². The summed E-state index contributed by atoms with van der Waals surface area (Å²) in [6.45, 7) is 5.44. The number of H-pyrrole nitrogens is 1. The molecule has 210 valence electrons. The highest BCUT2D eigenvalue weighted by atomic mass is 79.9. The minimum absolute atomic E-state index is 0.0934. The molecule has 4 aromatic rings. The highest BCUT2D eigenvalue weighted by molar-refractivity contribution is 9.10. The lowest BCUT2D eigenvalue weighted by Crippen LogP contribution is -2.39. The molecule has 0 spiro atoms. The van der Waals surface area contributed by atoms with E-state index in [1.165, 1.54) is 22.0 Å². The number of aromatic nitrogens is 3. The van der Waals surface area contributed by atoms with Crippen LogP contribution in [0.1, 0.15) is 36.9 Å². The number of ether oxygens (including phenoxy) is 3. The number of carbonyl (C=O) groups is 1. The monoisotopic (exact) mass is 656 g/mol. The zero-order chi connectivity index (χ0) is 28.8. The Balaban J connectivity index is 1.44. The topological polar surface area (TPSA) is 138 Å². The molecule has 0 unspecified atom stereocenters. The summed E-state index contributed by atoms with van der Waals surface area (Å²) in [6, 6.07) is 7.64. The largest absolute Gasteiger partial charge is 0.463 e. The number of halogens is 1. The lowest BCUT2D eigenvalue weighted by Gasteiger charge is -2.24. The number of nitrogens with one attached hydrogen (secondary N) is 1. The number of nitrogens with zero attached hydrogens (tertiary/aromatic N) is 3. The third-order valence-corrected chi connectivity index (χ3v) is 8.92. The van der Waals surface area contributed by atoms with Gasteiger partial charge in [-0.3, -0.25) is 14.2 Å². The molecule has 11 nitrogen and oxygen atoms in total. The van der Waals surface area contributed by atoms with Crippen LogP contribution in [0.5, 0.6) is 11.5 Å². The number of aromatic amines is 1. The van der Waals surface area contributed by atoms with Crippen LogP contribution in [0.15, 0.2) is 75.3 Å². The fourth-order valence-electron chi connectivity index (χ4n) is 4.52. The van der Waals surface area contributed by atoms with Gasteiger partial charge in [-0.15, -0.1) is 0 Å². The SMILES string of the molecule is CCOC(=O)C1=C(C)N=c2s/c(=C/c3cc(Br)c(Sc4nc(C)cc(=O)[nH]4)o3)c(=O)n2[C@@H]1c1ccc2c(c1)OCO2. The molecule has 0 radical (unpaired) electrons. The van der Waals surface area contributed by atoms with Gasteiger partial charge in [0.2, 0.25) is 6.79 Å². The predicted molar refractivity (Wildman–Crippen MR) is 153 cm³/mol. The Morgan fingerprint density at radius 2 is 2.05 bits per heavy atom. The molecule has 14 heteroatoms. The smallest absolute Gasteiger partial charge is 0.338 e. The number of carbonyl (C=O) groups excluding carboxylic acids is 1. The summed E-state index contributed by atoms with van der Waals surface area (Å²) in [5.74, 6) is 0.963. The van der Waals surface area contributed by atoms with Gasteiger partial charge in [0.15, 0.2) is 26.5 Å². The number of benzene rings is 1. The molecule has 0 aliphatic carbocycles. The molecule has 6 rings (SSSR count). The van der Waals surface area contributed by atoms with Crippen LogP contribution in [0.25, 0.3) is 6.08 Å². The number of hydrogen-bond donors (Lipinski definition) is 1. The standard InChI is InChI=1S/C27H21BrN4O7S2/c1-4-36-24(35)21-13(3)30-27-32(22(21)14-5-6-17-18(8-14)38-11-37-17)23(34)19(40-27)10-15-9-16(28)25(39-15)41-26-29-12(2)7-20(33)31-26/h5-10,22H,4,11H2,1-3H3,(H,29,31,33)/b19-10+/t22-/m1/s1. The Morgan fingerprint density at radius 1 is 1.24 bits per heavy atom. The van der Waals surface area contributed by atoms with E-state index in [1.807, 2.05) is 0 Å². The van der Waals surface area contributed by atoms with Crippen molar-refractivity contribution in [3.05, 3.63) is 93.1 Å². The molecule has 0 saturated heterocycles. The maximum atomic E-state index is 13.9. The van der Waals surface area contributed by atoms with Gasteiger partial charge in [0, 0.05) is 17.8 Å². The molecule has 1 N–H and O–H groups in total. The third kappa shape index (κ3) is 5.18. The molecule has 41 heavy (non-hydrogen) atoms. The van der Waals surface area contributed by atoms with Crippen LogP contribution in [0.3, 0.4) is 0 Å².